The predicted molar refractivity (Wildman–Crippen MR) is 123 cm³/mol. The summed E-state index contributed by atoms with van der Waals surface area (Å²) in [5.41, 5.74) is 1.85. The largest absolute Gasteiger partial charge is 0.497 e. The summed E-state index contributed by atoms with van der Waals surface area (Å²) in [6, 6.07) is 25.1. The van der Waals surface area contributed by atoms with Crippen LogP contribution in [0.5, 0.6) is 11.5 Å². The molecule has 3 aromatic carbocycles. The zero-order valence-corrected chi connectivity index (χ0v) is 18.3. The van der Waals surface area contributed by atoms with Crippen molar-refractivity contribution in [3.05, 3.63) is 95.6 Å². The van der Waals surface area contributed by atoms with E-state index in [1.54, 1.807) is 14.2 Å². The van der Waals surface area contributed by atoms with E-state index in [9.17, 15) is 5.11 Å². The quantitative estimate of drug-likeness (QED) is 0.437. The van der Waals surface area contributed by atoms with Crippen LogP contribution in [0.4, 0.5) is 0 Å². The average molecular weight is 430 g/mol. The Balaban J connectivity index is 1.84. The predicted octanol–water partition coefficient (Wildman–Crippen LogP) is 3.66. The second kappa shape index (κ2) is 9.78. The molecule has 1 N–H and O–H groups in total. The van der Waals surface area contributed by atoms with Crippen LogP contribution in [-0.4, -0.2) is 52.0 Å². The van der Waals surface area contributed by atoms with Gasteiger partial charge in [0.2, 0.25) is 0 Å². The lowest BCUT2D eigenvalue weighted by Crippen LogP contribution is -2.38. The molecule has 6 heteroatoms. The minimum absolute atomic E-state index is 0.168. The molecule has 1 aliphatic heterocycles. The van der Waals surface area contributed by atoms with Crippen molar-refractivity contribution in [2.45, 2.75) is 30.2 Å². The zero-order valence-electron chi connectivity index (χ0n) is 18.3. The van der Waals surface area contributed by atoms with Gasteiger partial charge >= 0.3 is 0 Å². The fourth-order valence-corrected chi connectivity index (χ4v) is 4.19. The highest BCUT2D eigenvalue weighted by Crippen LogP contribution is 2.42. The van der Waals surface area contributed by atoms with Crippen LogP contribution in [0.25, 0.3) is 0 Å². The van der Waals surface area contributed by atoms with Gasteiger partial charge in [-0.3, -0.25) is 0 Å². The molecule has 32 heavy (non-hydrogen) atoms. The van der Waals surface area contributed by atoms with E-state index in [0.717, 1.165) is 28.2 Å². The molecule has 164 valence electrons. The Morgan fingerprint density at radius 3 is 1.78 bits per heavy atom. The molecule has 1 fully saturated rings. The maximum absolute atomic E-state index is 10.4. The van der Waals surface area contributed by atoms with E-state index in [0.29, 0.717) is 6.42 Å². The molecule has 0 amide bonds. The SMILES string of the molecule is [B][C@H]1C[C@@H](O)[C@@H](COC(c2ccccc2)(c2ccc(OC)cc2)c2ccc(OC)cc2)O1. The Morgan fingerprint density at radius 2 is 1.34 bits per heavy atom. The van der Waals surface area contributed by atoms with Gasteiger partial charge in [-0.1, -0.05) is 54.6 Å². The van der Waals surface area contributed by atoms with Crippen molar-refractivity contribution < 1.29 is 24.1 Å². The summed E-state index contributed by atoms with van der Waals surface area (Å²) in [6.45, 7) is 0.168. The average Bonchev–Trinajstić information content (AvgIpc) is 3.17. The molecular weight excluding hydrogens is 403 g/mol. The second-order valence-corrected chi connectivity index (χ2v) is 7.83. The fourth-order valence-electron chi connectivity index (χ4n) is 4.19. The number of hydrogen-bond acceptors (Lipinski definition) is 5. The molecule has 0 aliphatic carbocycles. The van der Waals surface area contributed by atoms with E-state index in [2.05, 4.69) is 0 Å². The Kier molecular flexibility index (Phi) is 6.84. The van der Waals surface area contributed by atoms with E-state index in [1.807, 2.05) is 78.9 Å². The van der Waals surface area contributed by atoms with Gasteiger partial charge in [0.05, 0.1) is 26.9 Å². The number of ether oxygens (including phenoxy) is 4. The van der Waals surface area contributed by atoms with Crippen LogP contribution < -0.4 is 9.47 Å². The molecule has 1 aliphatic rings. The van der Waals surface area contributed by atoms with Crippen LogP contribution in [0.2, 0.25) is 0 Å². The van der Waals surface area contributed by atoms with Crippen LogP contribution in [0.15, 0.2) is 78.9 Å². The molecule has 0 spiro atoms. The van der Waals surface area contributed by atoms with Gasteiger partial charge in [0.25, 0.3) is 0 Å². The van der Waals surface area contributed by atoms with E-state index in [1.165, 1.54) is 0 Å². The number of aliphatic hydroxyl groups excluding tert-OH is 1. The van der Waals surface area contributed by atoms with Gasteiger partial charge in [-0.2, -0.15) is 0 Å². The first-order chi connectivity index (χ1) is 15.6. The van der Waals surface area contributed by atoms with Crippen molar-refractivity contribution in [2.75, 3.05) is 20.8 Å². The van der Waals surface area contributed by atoms with Crippen LogP contribution >= 0.6 is 0 Å². The highest BCUT2D eigenvalue weighted by molar-refractivity contribution is 6.11. The van der Waals surface area contributed by atoms with Gasteiger partial charge in [0.15, 0.2) is 0 Å². The summed E-state index contributed by atoms with van der Waals surface area (Å²) in [5.74, 6) is 1.51. The molecule has 0 unspecified atom stereocenters. The second-order valence-electron chi connectivity index (χ2n) is 7.83. The van der Waals surface area contributed by atoms with Gasteiger partial charge in [-0.25, -0.2) is 0 Å². The maximum Gasteiger partial charge on any atom is 0.143 e. The lowest BCUT2D eigenvalue weighted by molar-refractivity contribution is -0.0737. The minimum Gasteiger partial charge on any atom is -0.497 e. The molecular formula is C26H27BO5. The van der Waals surface area contributed by atoms with Crippen molar-refractivity contribution >= 4 is 7.85 Å². The number of methoxy groups -OCH3 is 2. The molecule has 3 atom stereocenters. The van der Waals surface area contributed by atoms with Crippen molar-refractivity contribution in [3.8, 4) is 11.5 Å². The first kappa shape index (κ1) is 22.4. The molecule has 0 aromatic heterocycles. The summed E-state index contributed by atoms with van der Waals surface area (Å²) in [6.07, 6.45) is -0.799. The summed E-state index contributed by atoms with van der Waals surface area (Å²) in [7, 11) is 9.17. The van der Waals surface area contributed by atoms with Crippen molar-refractivity contribution in [1.29, 1.82) is 0 Å². The lowest BCUT2D eigenvalue weighted by atomic mass is 9.80. The van der Waals surface area contributed by atoms with E-state index < -0.39 is 23.8 Å². The third-order valence-electron chi connectivity index (χ3n) is 5.89. The number of aliphatic hydroxyl groups is 1. The summed E-state index contributed by atoms with van der Waals surface area (Å²) < 4.78 is 23.2. The normalized spacial score (nSPS) is 20.8. The van der Waals surface area contributed by atoms with Crippen molar-refractivity contribution in [2.24, 2.45) is 0 Å². The first-order valence-corrected chi connectivity index (χ1v) is 10.6. The fraction of sp³-hybridized carbons (Fsp3) is 0.308. The van der Waals surface area contributed by atoms with Gasteiger partial charge in [0.1, 0.15) is 31.1 Å². The highest BCUT2D eigenvalue weighted by Gasteiger charge is 2.40. The monoisotopic (exact) mass is 430 g/mol. The summed E-state index contributed by atoms with van der Waals surface area (Å²) >= 11 is 0. The van der Waals surface area contributed by atoms with Gasteiger partial charge < -0.3 is 24.1 Å². The van der Waals surface area contributed by atoms with Crippen molar-refractivity contribution in [3.63, 3.8) is 0 Å². The summed E-state index contributed by atoms with van der Waals surface area (Å²) in [4.78, 5) is 0. The molecule has 2 radical (unpaired) electrons. The Labute approximate surface area is 190 Å². The molecule has 3 aromatic rings. The molecule has 0 saturated carbocycles. The highest BCUT2D eigenvalue weighted by atomic mass is 16.6. The molecule has 4 rings (SSSR count). The third-order valence-corrected chi connectivity index (χ3v) is 5.89. The van der Waals surface area contributed by atoms with Gasteiger partial charge in [-0.05, 0) is 47.4 Å². The topological polar surface area (TPSA) is 57.2 Å². The van der Waals surface area contributed by atoms with Crippen LogP contribution in [0, 0.1) is 0 Å². The molecule has 1 heterocycles. The number of hydrogen-bond donors (Lipinski definition) is 1. The lowest BCUT2D eigenvalue weighted by Gasteiger charge is -2.37. The smallest absolute Gasteiger partial charge is 0.143 e. The van der Waals surface area contributed by atoms with E-state index in [-0.39, 0.29) is 6.61 Å². The molecule has 0 bridgehead atoms. The minimum atomic E-state index is -0.949. The van der Waals surface area contributed by atoms with Crippen LogP contribution in [0.3, 0.4) is 0 Å². The third kappa shape index (κ3) is 4.39. The standard InChI is InChI=1S/C26H27BO5/c1-29-21-12-8-19(9-13-21)26(18-6-4-3-5-7-18,20-10-14-22(30-2)15-11-20)31-17-24-23(28)16-25(27)32-24/h3-15,23-25,28H,16-17H2,1-2H3/t23-,24-,25-/m1/s1. The Hall–Kier alpha value is -2.80. The van der Waals surface area contributed by atoms with Gasteiger partial charge in [-0.15, -0.1) is 0 Å². The summed E-state index contributed by atoms with van der Waals surface area (Å²) in [5, 5.41) is 10.4. The van der Waals surface area contributed by atoms with Gasteiger partial charge in [0, 0.05) is 6.00 Å². The van der Waals surface area contributed by atoms with Crippen molar-refractivity contribution in [1.82, 2.24) is 0 Å². The molecule has 5 nitrogen and oxygen atoms in total. The maximum atomic E-state index is 10.4. The number of rotatable bonds is 8. The van der Waals surface area contributed by atoms with Crippen LogP contribution in [-0.2, 0) is 15.1 Å². The van der Waals surface area contributed by atoms with E-state index in [4.69, 9.17) is 26.8 Å². The molecule has 1 saturated heterocycles. The zero-order chi connectivity index (χ0) is 22.6. The number of benzene rings is 3. The Morgan fingerprint density at radius 1 is 0.844 bits per heavy atom. The first-order valence-electron chi connectivity index (χ1n) is 10.6. The van der Waals surface area contributed by atoms with Crippen LogP contribution in [0.1, 0.15) is 23.1 Å². The van der Waals surface area contributed by atoms with E-state index >= 15 is 0 Å². The Bertz CT molecular complexity index is 943.